The Kier molecular flexibility index (Phi) is 3.97. The monoisotopic (exact) mass is 374 g/mol. The SMILES string of the molecule is O=C(c1cc(C2CC2)on1)N1CCCC1Cc1ccc(Br)cc1. The number of rotatable bonds is 4. The minimum absolute atomic E-state index is 0.0141. The topological polar surface area (TPSA) is 46.3 Å². The number of hydrogen-bond donors (Lipinski definition) is 0. The summed E-state index contributed by atoms with van der Waals surface area (Å²) < 4.78 is 6.41. The molecule has 1 aliphatic heterocycles. The number of benzene rings is 1. The fourth-order valence-corrected chi connectivity index (χ4v) is 3.57. The van der Waals surface area contributed by atoms with Crippen molar-refractivity contribution in [2.24, 2.45) is 0 Å². The minimum atomic E-state index is 0.0141. The molecule has 2 aromatic rings. The molecule has 1 atom stereocenters. The van der Waals surface area contributed by atoms with Crippen LogP contribution in [0.3, 0.4) is 0 Å². The van der Waals surface area contributed by atoms with Gasteiger partial charge in [-0.1, -0.05) is 33.2 Å². The third-order valence-corrected chi connectivity index (χ3v) is 5.28. The highest BCUT2D eigenvalue weighted by Gasteiger charge is 2.33. The lowest BCUT2D eigenvalue weighted by Gasteiger charge is -2.23. The quantitative estimate of drug-likeness (QED) is 0.806. The summed E-state index contributed by atoms with van der Waals surface area (Å²) in [5.41, 5.74) is 1.73. The average Bonchev–Trinajstić information content (AvgIpc) is 3.11. The Morgan fingerprint density at radius 1 is 1.26 bits per heavy atom. The van der Waals surface area contributed by atoms with E-state index < -0.39 is 0 Å². The van der Waals surface area contributed by atoms with Crippen LogP contribution in [0.4, 0.5) is 0 Å². The van der Waals surface area contributed by atoms with Gasteiger partial charge in [-0.3, -0.25) is 4.79 Å². The van der Waals surface area contributed by atoms with Crippen molar-refractivity contribution >= 4 is 21.8 Å². The molecule has 23 heavy (non-hydrogen) atoms. The number of likely N-dealkylation sites (tertiary alicyclic amines) is 1. The molecule has 1 amide bonds. The van der Waals surface area contributed by atoms with Crippen molar-refractivity contribution in [3.63, 3.8) is 0 Å². The maximum atomic E-state index is 12.8. The molecule has 2 aliphatic rings. The molecule has 0 bridgehead atoms. The first-order valence-corrected chi connectivity index (χ1v) is 9.02. The van der Waals surface area contributed by atoms with E-state index in [9.17, 15) is 4.79 Å². The Labute approximate surface area is 144 Å². The summed E-state index contributed by atoms with van der Waals surface area (Å²) in [5, 5.41) is 4.00. The lowest BCUT2D eigenvalue weighted by molar-refractivity contribution is 0.0726. The van der Waals surface area contributed by atoms with Crippen molar-refractivity contribution in [2.45, 2.75) is 44.1 Å². The van der Waals surface area contributed by atoms with E-state index in [1.165, 1.54) is 5.56 Å². The fourth-order valence-electron chi connectivity index (χ4n) is 3.31. The number of halogens is 1. The Hall–Kier alpha value is -1.62. The van der Waals surface area contributed by atoms with Crippen LogP contribution in [0.15, 0.2) is 39.3 Å². The molecule has 4 rings (SSSR count). The second-order valence-electron chi connectivity index (χ2n) is 6.51. The lowest BCUT2D eigenvalue weighted by atomic mass is 10.0. The van der Waals surface area contributed by atoms with Gasteiger partial charge in [0.25, 0.3) is 5.91 Å². The van der Waals surface area contributed by atoms with Crippen molar-refractivity contribution in [3.8, 4) is 0 Å². The Bertz CT molecular complexity index is 706. The van der Waals surface area contributed by atoms with E-state index in [-0.39, 0.29) is 11.9 Å². The second-order valence-corrected chi connectivity index (χ2v) is 7.43. The van der Waals surface area contributed by atoms with Crippen LogP contribution in [0, 0.1) is 0 Å². The molecule has 2 heterocycles. The van der Waals surface area contributed by atoms with Gasteiger partial charge in [0.1, 0.15) is 5.76 Å². The number of amides is 1. The third kappa shape index (κ3) is 3.20. The van der Waals surface area contributed by atoms with Gasteiger partial charge in [-0.25, -0.2) is 0 Å². The number of hydrogen-bond acceptors (Lipinski definition) is 3. The largest absolute Gasteiger partial charge is 0.360 e. The van der Waals surface area contributed by atoms with Gasteiger partial charge in [-0.15, -0.1) is 0 Å². The van der Waals surface area contributed by atoms with Crippen molar-refractivity contribution in [1.82, 2.24) is 10.1 Å². The van der Waals surface area contributed by atoms with Gasteiger partial charge in [0.15, 0.2) is 5.69 Å². The predicted octanol–water partition coefficient (Wildman–Crippen LogP) is 4.16. The van der Waals surface area contributed by atoms with E-state index in [1.807, 2.05) is 11.0 Å². The summed E-state index contributed by atoms with van der Waals surface area (Å²) >= 11 is 3.46. The molecular formula is C18H19BrN2O2. The van der Waals surface area contributed by atoms with Gasteiger partial charge in [0.05, 0.1) is 0 Å². The van der Waals surface area contributed by atoms with Crippen LogP contribution in [-0.4, -0.2) is 28.6 Å². The van der Waals surface area contributed by atoms with Crippen LogP contribution in [-0.2, 0) is 6.42 Å². The first kappa shape index (κ1) is 14.9. The first-order valence-electron chi connectivity index (χ1n) is 8.23. The van der Waals surface area contributed by atoms with Crippen LogP contribution < -0.4 is 0 Å². The predicted molar refractivity (Wildman–Crippen MR) is 90.4 cm³/mol. The molecule has 0 spiro atoms. The van der Waals surface area contributed by atoms with E-state index in [2.05, 4.69) is 45.4 Å². The Morgan fingerprint density at radius 2 is 2.04 bits per heavy atom. The number of carbonyl (C=O) groups excluding carboxylic acids is 1. The first-order chi connectivity index (χ1) is 11.2. The van der Waals surface area contributed by atoms with Crippen molar-refractivity contribution in [3.05, 3.63) is 51.8 Å². The average molecular weight is 375 g/mol. The molecule has 1 saturated heterocycles. The van der Waals surface area contributed by atoms with Crippen molar-refractivity contribution < 1.29 is 9.32 Å². The van der Waals surface area contributed by atoms with Crippen molar-refractivity contribution in [2.75, 3.05) is 6.54 Å². The molecule has 2 fully saturated rings. The maximum absolute atomic E-state index is 12.8. The number of carbonyl (C=O) groups is 1. The van der Waals surface area contributed by atoms with Crippen LogP contribution in [0.5, 0.6) is 0 Å². The van der Waals surface area contributed by atoms with Gasteiger partial charge in [-0.2, -0.15) is 0 Å². The smallest absolute Gasteiger partial charge is 0.276 e. The zero-order valence-corrected chi connectivity index (χ0v) is 14.5. The molecule has 1 saturated carbocycles. The number of nitrogens with zero attached hydrogens (tertiary/aromatic N) is 2. The highest BCUT2D eigenvalue weighted by atomic mass is 79.9. The van der Waals surface area contributed by atoms with E-state index in [0.29, 0.717) is 11.6 Å². The molecule has 5 heteroatoms. The normalized spacial score (nSPS) is 20.9. The van der Waals surface area contributed by atoms with E-state index in [0.717, 1.165) is 48.9 Å². The Morgan fingerprint density at radius 3 is 2.78 bits per heavy atom. The van der Waals surface area contributed by atoms with Crippen LogP contribution in [0.25, 0.3) is 0 Å². The Balaban J connectivity index is 1.47. The minimum Gasteiger partial charge on any atom is -0.360 e. The van der Waals surface area contributed by atoms with Gasteiger partial charge in [0, 0.05) is 29.0 Å². The summed E-state index contributed by atoms with van der Waals surface area (Å²) in [6.45, 7) is 0.811. The summed E-state index contributed by atoms with van der Waals surface area (Å²) in [4.78, 5) is 14.7. The van der Waals surface area contributed by atoms with Gasteiger partial charge < -0.3 is 9.42 Å². The van der Waals surface area contributed by atoms with Crippen LogP contribution in [0.1, 0.15) is 53.4 Å². The summed E-state index contributed by atoms with van der Waals surface area (Å²) in [6.07, 6.45) is 5.30. The molecule has 4 nitrogen and oxygen atoms in total. The van der Waals surface area contributed by atoms with Gasteiger partial charge in [0.2, 0.25) is 0 Å². The second kappa shape index (κ2) is 6.11. The maximum Gasteiger partial charge on any atom is 0.276 e. The van der Waals surface area contributed by atoms with E-state index >= 15 is 0 Å². The lowest BCUT2D eigenvalue weighted by Crippen LogP contribution is -2.37. The highest BCUT2D eigenvalue weighted by molar-refractivity contribution is 9.10. The van der Waals surface area contributed by atoms with Crippen molar-refractivity contribution in [1.29, 1.82) is 0 Å². The van der Waals surface area contributed by atoms with E-state index in [4.69, 9.17) is 4.52 Å². The van der Waals surface area contributed by atoms with E-state index in [1.54, 1.807) is 0 Å². The van der Waals surface area contributed by atoms with Crippen LogP contribution >= 0.6 is 15.9 Å². The zero-order valence-electron chi connectivity index (χ0n) is 12.9. The third-order valence-electron chi connectivity index (χ3n) is 4.75. The van der Waals surface area contributed by atoms with Gasteiger partial charge in [-0.05, 0) is 49.8 Å². The molecule has 0 radical (unpaired) electrons. The molecular weight excluding hydrogens is 356 g/mol. The summed E-state index contributed by atoms with van der Waals surface area (Å²) in [6, 6.07) is 10.4. The van der Waals surface area contributed by atoms with Gasteiger partial charge >= 0.3 is 0 Å². The molecule has 1 unspecified atom stereocenters. The zero-order chi connectivity index (χ0) is 15.8. The summed E-state index contributed by atoms with van der Waals surface area (Å²) in [5.74, 6) is 1.37. The molecule has 1 aliphatic carbocycles. The number of aromatic nitrogens is 1. The standard InChI is InChI=1S/C18H19BrN2O2/c19-14-7-3-12(4-8-14)10-15-2-1-9-21(15)18(22)16-11-17(23-20-16)13-5-6-13/h3-4,7-8,11,13,15H,1-2,5-6,9-10H2. The molecule has 0 N–H and O–H groups in total. The summed E-state index contributed by atoms with van der Waals surface area (Å²) in [7, 11) is 0. The molecule has 1 aromatic carbocycles. The van der Waals surface area contributed by atoms with Crippen LogP contribution in [0.2, 0.25) is 0 Å². The highest BCUT2D eigenvalue weighted by Crippen LogP contribution is 2.40. The fraction of sp³-hybridized carbons (Fsp3) is 0.444. The molecule has 120 valence electrons. The molecule has 1 aromatic heterocycles.